The molecule has 0 aromatic heterocycles. The molecule has 4 aliphatic carbocycles. The molecule has 2 nitrogen and oxygen atoms in total. The van der Waals surface area contributed by atoms with Gasteiger partial charge in [0.15, 0.2) is 0 Å². The number of nitrogens with one attached hydrogen (secondary N) is 1. The first-order valence-corrected chi connectivity index (χ1v) is 11.0. The lowest BCUT2D eigenvalue weighted by atomic mass is 9.46. The van der Waals surface area contributed by atoms with Crippen molar-refractivity contribution in [1.29, 1.82) is 0 Å². The van der Waals surface area contributed by atoms with Gasteiger partial charge in [0.1, 0.15) is 0 Å². The van der Waals surface area contributed by atoms with Crippen LogP contribution in [-0.4, -0.2) is 12.5 Å². The minimum absolute atomic E-state index is 0.146. The molecule has 0 spiro atoms. The molecule has 1 amide bonds. The quantitative estimate of drug-likeness (QED) is 0.747. The minimum atomic E-state index is -0.233. The van der Waals surface area contributed by atoms with E-state index in [4.69, 9.17) is 0 Å². The Kier molecular flexibility index (Phi) is 4.53. The van der Waals surface area contributed by atoms with Crippen molar-refractivity contribution in [2.45, 2.75) is 44.9 Å². The highest BCUT2D eigenvalue weighted by Crippen LogP contribution is 2.61. The summed E-state index contributed by atoms with van der Waals surface area (Å²) in [7, 11) is 0. The topological polar surface area (TPSA) is 29.1 Å². The SMILES string of the molecule is CC1(CNC(=O)C(c2ccccc2)c2ccccc2)C2CC3CC(C2)CC1C3. The van der Waals surface area contributed by atoms with E-state index in [1.165, 1.54) is 32.1 Å². The monoisotopic (exact) mass is 373 g/mol. The van der Waals surface area contributed by atoms with E-state index in [9.17, 15) is 4.79 Å². The van der Waals surface area contributed by atoms with E-state index >= 15 is 0 Å². The van der Waals surface area contributed by atoms with Crippen molar-refractivity contribution < 1.29 is 4.79 Å². The van der Waals surface area contributed by atoms with Crippen LogP contribution in [0.15, 0.2) is 60.7 Å². The van der Waals surface area contributed by atoms with Crippen molar-refractivity contribution in [3.63, 3.8) is 0 Å². The molecule has 2 aromatic carbocycles. The van der Waals surface area contributed by atoms with Crippen molar-refractivity contribution >= 4 is 5.91 Å². The molecule has 6 rings (SSSR count). The highest BCUT2D eigenvalue weighted by atomic mass is 16.1. The van der Waals surface area contributed by atoms with Gasteiger partial charge in [-0.2, -0.15) is 0 Å². The van der Waals surface area contributed by atoms with Gasteiger partial charge in [-0.1, -0.05) is 67.6 Å². The largest absolute Gasteiger partial charge is 0.355 e. The van der Waals surface area contributed by atoms with Crippen LogP contribution in [0.25, 0.3) is 0 Å². The van der Waals surface area contributed by atoms with Gasteiger partial charge in [0, 0.05) is 6.54 Å². The molecule has 0 aliphatic heterocycles. The Balaban J connectivity index is 1.36. The predicted molar refractivity (Wildman–Crippen MR) is 113 cm³/mol. The van der Waals surface area contributed by atoms with E-state index in [2.05, 4.69) is 36.5 Å². The summed E-state index contributed by atoms with van der Waals surface area (Å²) < 4.78 is 0. The van der Waals surface area contributed by atoms with Crippen LogP contribution in [0, 0.1) is 29.1 Å². The molecule has 2 aromatic rings. The highest BCUT2D eigenvalue weighted by molar-refractivity contribution is 5.87. The predicted octanol–water partition coefficient (Wildman–Crippen LogP) is 5.40. The number of carbonyl (C=O) groups excluding carboxylic acids is 1. The third kappa shape index (κ3) is 3.07. The second-order valence-electron chi connectivity index (χ2n) is 9.78. The van der Waals surface area contributed by atoms with Gasteiger partial charge in [-0.25, -0.2) is 0 Å². The van der Waals surface area contributed by atoms with Gasteiger partial charge in [-0.3, -0.25) is 4.79 Å². The summed E-state index contributed by atoms with van der Waals surface area (Å²) in [6, 6.07) is 20.4. The fourth-order valence-corrected chi connectivity index (χ4v) is 6.72. The number of hydrogen-bond acceptors (Lipinski definition) is 1. The standard InChI is InChI=1S/C26H31NO/c1-26(22-13-18-12-19(15-22)16-23(26)14-18)17-27-25(28)24(20-8-4-2-5-9-20)21-10-6-3-7-11-21/h2-11,18-19,22-24H,12-17H2,1H3,(H,27,28). The first-order chi connectivity index (χ1) is 13.6. The molecular formula is C26H31NO. The zero-order valence-electron chi connectivity index (χ0n) is 16.8. The van der Waals surface area contributed by atoms with Gasteiger partial charge < -0.3 is 5.32 Å². The molecule has 0 unspecified atom stereocenters. The van der Waals surface area contributed by atoms with E-state index in [1.54, 1.807) is 0 Å². The van der Waals surface area contributed by atoms with Crippen LogP contribution in [0.1, 0.15) is 56.1 Å². The summed E-state index contributed by atoms with van der Waals surface area (Å²) >= 11 is 0. The average Bonchev–Trinajstić information content (AvgIpc) is 2.72. The molecule has 28 heavy (non-hydrogen) atoms. The number of rotatable bonds is 5. The molecule has 0 heterocycles. The Morgan fingerprint density at radius 2 is 1.32 bits per heavy atom. The Labute approximate surface area is 168 Å². The van der Waals surface area contributed by atoms with E-state index < -0.39 is 0 Å². The van der Waals surface area contributed by atoms with Crippen LogP contribution >= 0.6 is 0 Å². The lowest BCUT2D eigenvalue weighted by Gasteiger charge is -2.60. The normalized spacial score (nSPS) is 33.2. The second kappa shape index (κ2) is 7.06. The first-order valence-electron chi connectivity index (χ1n) is 11.0. The molecular weight excluding hydrogens is 342 g/mol. The molecule has 0 atom stereocenters. The summed E-state index contributed by atoms with van der Waals surface area (Å²) in [6.07, 6.45) is 7.03. The van der Waals surface area contributed by atoms with Crippen molar-refractivity contribution in [1.82, 2.24) is 5.32 Å². The molecule has 0 radical (unpaired) electrons. The number of hydrogen-bond donors (Lipinski definition) is 1. The van der Waals surface area contributed by atoms with Crippen LogP contribution < -0.4 is 5.32 Å². The Bertz CT molecular complexity index is 761. The summed E-state index contributed by atoms with van der Waals surface area (Å²) in [5, 5.41) is 3.41. The zero-order valence-corrected chi connectivity index (χ0v) is 16.8. The van der Waals surface area contributed by atoms with Crippen LogP contribution in [0.2, 0.25) is 0 Å². The van der Waals surface area contributed by atoms with Crippen molar-refractivity contribution in [2.24, 2.45) is 29.1 Å². The maximum Gasteiger partial charge on any atom is 0.232 e. The minimum Gasteiger partial charge on any atom is -0.355 e. The van der Waals surface area contributed by atoms with E-state index in [-0.39, 0.29) is 17.2 Å². The lowest BCUT2D eigenvalue weighted by molar-refractivity contribution is -0.126. The molecule has 4 bridgehead atoms. The molecule has 4 fully saturated rings. The van der Waals surface area contributed by atoms with Crippen molar-refractivity contribution in [3.8, 4) is 0 Å². The van der Waals surface area contributed by atoms with Crippen LogP contribution in [-0.2, 0) is 4.79 Å². The average molecular weight is 374 g/mol. The Morgan fingerprint density at radius 1 is 0.857 bits per heavy atom. The smallest absolute Gasteiger partial charge is 0.232 e. The summed E-state index contributed by atoms with van der Waals surface area (Å²) in [6.45, 7) is 3.29. The molecule has 4 aliphatic rings. The van der Waals surface area contributed by atoms with Gasteiger partial charge in [-0.05, 0) is 72.3 Å². The Hall–Kier alpha value is -2.09. The first kappa shape index (κ1) is 18.0. The molecule has 146 valence electrons. The van der Waals surface area contributed by atoms with Crippen LogP contribution in [0.3, 0.4) is 0 Å². The lowest BCUT2D eigenvalue weighted by Crippen LogP contribution is -2.56. The van der Waals surface area contributed by atoms with Gasteiger partial charge in [-0.15, -0.1) is 0 Å². The maximum atomic E-state index is 13.4. The summed E-state index contributed by atoms with van der Waals surface area (Å²) in [5.74, 6) is 3.45. The third-order valence-electron chi connectivity index (χ3n) is 8.17. The van der Waals surface area contributed by atoms with Gasteiger partial charge >= 0.3 is 0 Å². The van der Waals surface area contributed by atoms with Crippen LogP contribution in [0.4, 0.5) is 0 Å². The van der Waals surface area contributed by atoms with E-state index in [1.807, 2.05) is 36.4 Å². The fourth-order valence-electron chi connectivity index (χ4n) is 6.72. The number of benzene rings is 2. The van der Waals surface area contributed by atoms with Gasteiger partial charge in [0.2, 0.25) is 5.91 Å². The summed E-state index contributed by atoms with van der Waals surface area (Å²) in [5.41, 5.74) is 2.42. The molecule has 4 saturated carbocycles. The number of carbonyl (C=O) groups is 1. The highest BCUT2D eigenvalue weighted by Gasteiger charge is 2.54. The van der Waals surface area contributed by atoms with Crippen molar-refractivity contribution in [2.75, 3.05) is 6.54 Å². The second-order valence-corrected chi connectivity index (χ2v) is 9.78. The van der Waals surface area contributed by atoms with Crippen LogP contribution in [0.5, 0.6) is 0 Å². The molecule has 0 saturated heterocycles. The molecule has 2 heteroatoms. The van der Waals surface area contributed by atoms with Crippen molar-refractivity contribution in [3.05, 3.63) is 71.8 Å². The third-order valence-corrected chi connectivity index (χ3v) is 8.17. The van der Waals surface area contributed by atoms with E-state index in [0.29, 0.717) is 0 Å². The molecule has 1 N–H and O–H groups in total. The maximum absolute atomic E-state index is 13.4. The van der Waals surface area contributed by atoms with Gasteiger partial charge in [0.25, 0.3) is 0 Å². The number of amides is 1. The zero-order chi connectivity index (χ0) is 19.1. The summed E-state index contributed by atoms with van der Waals surface area (Å²) in [4.78, 5) is 13.4. The van der Waals surface area contributed by atoms with Gasteiger partial charge in [0.05, 0.1) is 5.92 Å². The fraction of sp³-hybridized carbons (Fsp3) is 0.500. The van der Waals surface area contributed by atoms with E-state index in [0.717, 1.165) is 41.3 Å². The Morgan fingerprint density at radius 3 is 1.79 bits per heavy atom.